The van der Waals surface area contributed by atoms with Crippen molar-refractivity contribution >= 4 is 17.4 Å². The summed E-state index contributed by atoms with van der Waals surface area (Å²) in [4.78, 5) is 15.6. The fourth-order valence-electron chi connectivity index (χ4n) is 5.01. The molecule has 2 aromatic rings. The number of nitrogens with zero attached hydrogens (tertiary/aromatic N) is 1. The number of carbonyl (C=O) groups excluding carboxylic acids is 1. The molecule has 4 rings (SSSR count). The zero-order valence-corrected chi connectivity index (χ0v) is 19.5. The number of ether oxygens (including phenoxy) is 1. The van der Waals surface area contributed by atoms with Crippen molar-refractivity contribution in [3.63, 3.8) is 0 Å². The summed E-state index contributed by atoms with van der Waals surface area (Å²) in [6.45, 7) is 4.10. The first kappa shape index (κ1) is 24.1. The Morgan fingerprint density at radius 2 is 1.88 bits per heavy atom. The monoisotopic (exact) mass is 479 g/mol. The molecule has 1 aliphatic carbocycles. The molecule has 2 aromatic carbocycles. The Balaban J connectivity index is 1.34. The smallest absolute Gasteiger partial charge is 0.416 e. The predicted octanol–water partition coefficient (Wildman–Crippen LogP) is 6.45. The zero-order valence-electron chi connectivity index (χ0n) is 18.8. The van der Waals surface area contributed by atoms with Crippen molar-refractivity contribution in [2.45, 2.75) is 50.6 Å². The summed E-state index contributed by atoms with van der Waals surface area (Å²) in [6, 6.07) is 11.2. The van der Waals surface area contributed by atoms with Crippen LogP contribution in [-0.2, 0) is 16.4 Å². The van der Waals surface area contributed by atoms with E-state index in [9.17, 15) is 18.0 Å². The molecule has 1 atom stereocenters. The molecule has 0 spiro atoms. The van der Waals surface area contributed by atoms with Gasteiger partial charge in [-0.2, -0.15) is 13.2 Å². The first-order valence-electron chi connectivity index (χ1n) is 11.5. The maximum Gasteiger partial charge on any atom is 0.416 e. The van der Waals surface area contributed by atoms with Crippen LogP contribution in [0, 0.1) is 12.8 Å². The molecule has 0 radical (unpaired) electrons. The van der Waals surface area contributed by atoms with Gasteiger partial charge in [0, 0.05) is 17.5 Å². The number of alkyl halides is 3. The van der Waals surface area contributed by atoms with Crippen LogP contribution in [-0.4, -0.2) is 36.9 Å². The minimum atomic E-state index is -4.36. The molecule has 7 heteroatoms. The summed E-state index contributed by atoms with van der Waals surface area (Å²) in [5.74, 6) is 0.977. The van der Waals surface area contributed by atoms with Crippen LogP contribution < -0.4 is 4.74 Å². The van der Waals surface area contributed by atoms with Crippen molar-refractivity contribution in [1.29, 1.82) is 0 Å². The van der Waals surface area contributed by atoms with Crippen LogP contribution in [0.4, 0.5) is 13.2 Å². The maximum atomic E-state index is 13.3. The molecule has 0 aromatic heterocycles. The van der Waals surface area contributed by atoms with Crippen molar-refractivity contribution < 1.29 is 22.7 Å². The lowest BCUT2D eigenvalue weighted by Crippen LogP contribution is -2.49. The molecule has 1 heterocycles. The first-order chi connectivity index (χ1) is 15.7. The van der Waals surface area contributed by atoms with Gasteiger partial charge in [0.25, 0.3) is 0 Å². The van der Waals surface area contributed by atoms with Crippen molar-refractivity contribution in [2.24, 2.45) is 5.92 Å². The molecule has 3 nitrogen and oxygen atoms in total. The standard InChI is InChI=1S/C26H29ClF3NO2/c1-18-14-21(26(28,29)30)7-10-23(18)33-17-19-4-2-13-31(15-19)16-24(32)25(11-3-12-25)20-5-8-22(27)9-6-20/h5-10,14,19H,2-4,11-13,15-17H2,1H3/t19-/m0/s1. The Labute approximate surface area is 197 Å². The van der Waals surface area contributed by atoms with Gasteiger partial charge in [0.1, 0.15) is 5.75 Å². The number of halogens is 4. The number of benzene rings is 2. The van der Waals surface area contributed by atoms with Gasteiger partial charge < -0.3 is 4.74 Å². The summed E-state index contributed by atoms with van der Waals surface area (Å²) >= 11 is 6.03. The predicted molar refractivity (Wildman–Crippen MR) is 123 cm³/mol. The SMILES string of the molecule is Cc1cc(C(F)(F)F)ccc1OC[C@H]1CCCN(CC(=O)C2(c3ccc(Cl)cc3)CCC2)C1. The topological polar surface area (TPSA) is 29.5 Å². The molecule has 178 valence electrons. The molecule has 1 saturated carbocycles. The number of aryl methyl sites for hydroxylation is 1. The van der Waals surface area contributed by atoms with Gasteiger partial charge in [0.15, 0.2) is 5.78 Å². The van der Waals surface area contributed by atoms with Gasteiger partial charge in [0.05, 0.1) is 24.1 Å². The number of hydrogen-bond donors (Lipinski definition) is 0. The Morgan fingerprint density at radius 1 is 1.15 bits per heavy atom. The molecule has 0 amide bonds. The van der Waals surface area contributed by atoms with E-state index in [4.69, 9.17) is 16.3 Å². The van der Waals surface area contributed by atoms with Crippen LogP contribution in [0.2, 0.25) is 5.02 Å². The van der Waals surface area contributed by atoms with Gasteiger partial charge in [-0.25, -0.2) is 0 Å². The largest absolute Gasteiger partial charge is 0.493 e. The fourth-order valence-corrected chi connectivity index (χ4v) is 5.13. The van der Waals surface area contributed by atoms with Gasteiger partial charge >= 0.3 is 6.18 Å². The van der Waals surface area contributed by atoms with E-state index >= 15 is 0 Å². The number of Topliss-reactive ketones (excluding diaryl/α,β-unsaturated/α-hetero) is 1. The molecular weight excluding hydrogens is 451 g/mol. The normalized spacial score (nSPS) is 20.8. The van der Waals surface area contributed by atoms with E-state index in [2.05, 4.69) is 4.90 Å². The molecule has 33 heavy (non-hydrogen) atoms. The quantitative estimate of drug-likeness (QED) is 0.457. The number of likely N-dealkylation sites (tertiary alicyclic amines) is 1. The highest BCUT2D eigenvalue weighted by Crippen LogP contribution is 2.45. The Hall–Kier alpha value is -2.05. The second-order valence-corrected chi connectivity index (χ2v) is 9.83. The molecular formula is C26H29ClF3NO2. The first-order valence-corrected chi connectivity index (χ1v) is 11.9. The number of carbonyl (C=O) groups is 1. The second kappa shape index (κ2) is 9.67. The van der Waals surface area contributed by atoms with Crippen LogP contribution in [0.1, 0.15) is 48.8 Å². The number of hydrogen-bond acceptors (Lipinski definition) is 3. The van der Waals surface area contributed by atoms with Gasteiger partial charge in [-0.3, -0.25) is 9.69 Å². The molecule has 0 N–H and O–H groups in total. The Bertz CT molecular complexity index is 986. The fraction of sp³-hybridized carbons (Fsp3) is 0.500. The summed E-state index contributed by atoms with van der Waals surface area (Å²) in [5, 5.41) is 0.669. The van der Waals surface area contributed by atoms with Crippen LogP contribution in [0.15, 0.2) is 42.5 Å². The van der Waals surface area contributed by atoms with E-state index in [1.165, 1.54) is 6.07 Å². The summed E-state index contributed by atoms with van der Waals surface area (Å²) < 4.78 is 44.5. The second-order valence-electron chi connectivity index (χ2n) is 9.40. The average molecular weight is 480 g/mol. The number of ketones is 1. The van der Waals surface area contributed by atoms with Crippen LogP contribution in [0.5, 0.6) is 5.75 Å². The molecule has 0 unspecified atom stereocenters. The van der Waals surface area contributed by atoms with Crippen molar-refractivity contribution in [1.82, 2.24) is 4.90 Å². The van der Waals surface area contributed by atoms with Crippen LogP contribution in [0.25, 0.3) is 0 Å². The average Bonchev–Trinajstić information content (AvgIpc) is 2.73. The van der Waals surface area contributed by atoms with Crippen LogP contribution in [0.3, 0.4) is 0 Å². The molecule has 1 saturated heterocycles. The lowest BCUT2D eigenvalue weighted by molar-refractivity contribution is -0.137. The molecule has 0 bridgehead atoms. The van der Waals surface area contributed by atoms with Crippen LogP contribution >= 0.6 is 11.6 Å². The van der Waals surface area contributed by atoms with E-state index < -0.39 is 17.2 Å². The molecule has 2 aliphatic rings. The van der Waals surface area contributed by atoms with Crippen molar-refractivity contribution in [3.8, 4) is 5.75 Å². The van der Waals surface area contributed by atoms with Gasteiger partial charge in [-0.05, 0) is 80.6 Å². The summed E-state index contributed by atoms with van der Waals surface area (Å²) in [7, 11) is 0. The third-order valence-corrected chi connectivity index (χ3v) is 7.34. The minimum absolute atomic E-state index is 0.237. The van der Waals surface area contributed by atoms with E-state index in [0.717, 1.165) is 62.9 Å². The third kappa shape index (κ3) is 5.38. The van der Waals surface area contributed by atoms with Gasteiger partial charge in [-0.15, -0.1) is 0 Å². The highest BCUT2D eigenvalue weighted by Gasteiger charge is 2.45. The Kier molecular flexibility index (Phi) is 7.06. The highest BCUT2D eigenvalue weighted by atomic mass is 35.5. The Morgan fingerprint density at radius 3 is 2.48 bits per heavy atom. The van der Waals surface area contributed by atoms with E-state index in [1.54, 1.807) is 6.92 Å². The van der Waals surface area contributed by atoms with Gasteiger partial charge in [-0.1, -0.05) is 30.2 Å². The van der Waals surface area contributed by atoms with Gasteiger partial charge in [0.2, 0.25) is 0 Å². The zero-order chi connectivity index (χ0) is 23.6. The summed E-state index contributed by atoms with van der Waals surface area (Å²) in [5.41, 5.74) is 0.464. The third-order valence-electron chi connectivity index (χ3n) is 7.08. The number of piperidine rings is 1. The van der Waals surface area contributed by atoms with Crippen molar-refractivity contribution in [3.05, 3.63) is 64.2 Å². The maximum absolute atomic E-state index is 13.3. The van der Waals surface area contributed by atoms with E-state index in [0.29, 0.717) is 29.5 Å². The van der Waals surface area contributed by atoms with E-state index in [1.807, 2.05) is 24.3 Å². The minimum Gasteiger partial charge on any atom is -0.493 e. The molecule has 1 aliphatic heterocycles. The lowest BCUT2D eigenvalue weighted by Gasteiger charge is -2.43. The highest BCUT2D eigenvalue weighted by molar-refractivity contribution is 6.30. The number of rotatable bonds is 7. The summed E-state index contributed by atoms with van der Waals surface area (Å²) in [6.07, 6.45) is 0.400. The van der Waals surface area contributed by atoms with Crippen molar-refractivity contribution in [2.75, 3.05) is 26.2 Å². The molecule has 2 fully saturated rings. The van der Waals surface area contributed by atoms with E-state index in [-0.39, 0.29) is 11.7 Å². The lowest BCUT2D eigenvalue weighted by atomic mass is 9.62.